The van der Waals surface area contributed by atoms with Gasteiger partial charge in [0.15, 0.2) is 0 Å². The highest BCUT2D eigenvalue weighted by Crippen LogP contribution is 2.06. The van der Waals surface area contributed by atoms with Crippen LogP contribution in [0, 0.1) is 0 Å². The van der Waals surface area contributed by atoms with Crippen LogP contribution in [0.1, 0.15) is 25.7 Å². The zero-order valence-electron chi connectivity index (χ0n) is 9.49. The lowest BCUT2D eigenvalue weighted by molar-refractivity contribution is 0.282. The smallest absolute Gasteiger partial charge is 0.109 e. The SMILES string of the molecule is CN1C=CN(CCCCCCOI)CC1. The van der Waals surface area contributed by atoms with E-state index < -0.39 is 0 Å². The minimum Gasteiger partial charge on any atom is -0.377 e. The third kappa shape index (κ3) is 6.25. The maximum atomic E-state index is 4.99. The summed E-state index contributed by atoms with van der Waals surface area (Å²) in [7, 11) is 2.12. The summed E-state index contributed by atoms with van der Waals surface area (Å²) in [6.45, 7) is 4.42. The molecule has 0 saturated heterocycles. The second-order valence-corrected chi connectivity index (χ2v) is 4.66. The first-order valence-corrected chi connectivity index (χ1v) is 6.57. The summed E-state index contributed by atoms with van der Waals surface area (Å²) in [5.74, 6) is 0. The molecule has 3 nitrogen and oxygen atoms in total. The van der Waals surface area contributed by atoms with E-state index in [4.69, 9.17) is 3.07 Å². The monoisotopic (exact) mass is 324 g/mol. The number of likely N-dealkylation sites (N-methyl/N-ethyl adjacent to an activating group) is 1. The van der Waals surface area contributed by atoms with Gasteiger partial charge in [-0.1, -0.05) is 12.8 Å². The predicted octanol–water partition coefficient (Wildman–Crippen LogP) is 2.63. The maximum absolute atomic E-state index is 4.99. The molecular weight excluding hydrogens is 303 g/mol. The van der Waals surface area contributed by atoms with Crippen molar-refractivity contribution in [1.29, 1.82) is 0 Å². The van der Waals surface area contributed by atoms with Crippen LogP contribution in [0.15, 0.2) is 12.4 Å². The molecular formula is C11H21IN2O. The van der Waals surface area contributed by atoms with Gasteiger partial charge in [0.05, 0.1) is 6.61 Å². The van der Waals surface area contributed by atoms with Crippen LogP contribution in [-0.4, -0.2) is 43.1 Å². The van der Waals surface area contributed by atoms with E-state index in [9.17, 15) is 0 Å². The Labute approximate surface area is 107 Å². The molecule has 1 rings (SSSR count). The molecule has 0 fully saturated rings. The molecule has 1 heterocycles. The highest BCUT2D eigenvalue weighted by atomic mass is 127. The highest BCUT2D eigenvalue weighted by Gasteiger charge is 2.05. The van der Waals surface area contributed by atoms with Crippen molar-refractivity contribution in [3.05, 3.63) is 12.4 Å². The summed E-state index contributed by atoms with van der Waals surface area (Å²) in [5, 5.41) is 0. The Morgan fingerprint density at radius 2 is 1.93 bits per heavy atom. The van der Waals surface area contributed by atoms with Crippen LogP contribution in [0.3, 0.4) is 0 Å². The summed E-state index contributed by atoms with van der Waals surface area (Å²) in [4.78, 5) is 4.64. The van der Waals surface area contributed by atoms with E-state index in [0.29, 0.717) is 0 Å². The van der Waals surface area contributed by atoms with Crippen molar-refractivity contribution >= 4 is 23.0 Å². The minimum atomic E-state index is 0.898. The predicted molar refractivity (Wildman–Crippen MR) is 71.8 cm³/mol. The Bertz CT molecular complexity index is 187. The van der Waals surface area contributed by atoms with Gasteiger partial charge in [-0.05, 0) is 12.8 Å². The average molecular weight is 324 g/mol. The average Bonchev–Trinajstić information content (AvgIpc) is 2.26. The molecule has 0 spiro atoms. The van der Waals surface area contributed by atoms with Crippen molar-refractivity contribution in [2.75, 3.05) is 33.3 Å². The Hall–Kier alpha value is 0.0300. The zero-order valence-corrected chi connectivity index (χ0v) is 11.6. The second-order valence-electron chi connectivity index (χ2n) is 4.04. The second kappa shape index (κ2) is 8.21. The van der Waals surface area contributed by atoms with Gasteiger partial charge in [-0.15, -0.1) is 0 Å². The molecule has 4 heteroatoms. The maximum Gasteiger partial charge on any atom is 0.109 e. The fraction of sp³-hybridized carbons (Fsp3) is 0.818. The van der Waals surface area contributed by atoms with Gasteiger partial charge in [-0.25, -0.2) is 0 Å². The van der Waals surface area contributed by atoms with Gasteiger partial charge >= 0.3 is 0 Å². The van der Waals surface area contributed by atoms with Gasteiger partial charge in [0.25, 0.3) is 0 Å². The van der Waals surface area contributed by atoms with Crippen LogP contribution >= 0.6 is 23.0 Å². The summed E-state index contributed by atoms with van der Waals surface area (Å²) < 4.78 is 4.99. The fourth-order valence-corrected chi connectivity index (χ4v) is 1.97. The minimum absolute atomic E-state index is 0.898. The third-order valence-electron chi connectivity index (χ3n) is 2.69. The van der Waals surface area contributed by atoms with Gasteiger partial charge in [0.2, 0.25) is 0 Å². The van der Waals surface area contributed by atoms with Gasteiger partial charge in [-0.2, -0.15) is 0 Å². The van der Waals surface area contributed by atoms with Crippen LogP contribution < -0.4 is 0 Å². The quantitative estimate of drug-likeness (QED) is 0.529. The number of halogens is 1. The fourth-order valence-electron chi connectivity index (χ4n) is 1.65. The van der Waals surface area contributed by atoms with E-state index in [1.54, 1.807) is 0 Å². The van der Waals surface area contributed by atoms with Gasteiger partial charge in [0.1, 0.15) is 23.0 Å². The van der Waals surface area contributed by atoms with Crippen LogP contribution in [-0.2, 0) is 3.07 Å². The molecule has 1 aliphatic heterocycles. The van der Waals surface area contributed by atoms with Crippen LogP contribution in [0.4, 0.5) is 0 Å². The van der Waals surface area contributed by atoms with Crippen LogP contribution in [0.25, 0.3) is 0 Å². The molecule has 0 saturated carbocycles. The van der Waals surface area contributed by atoms with E-state index in [1.807, 2.05) is 23.0 Å². The number of rotatable bonds is 7. The first-order chi connectivity index (χ1) is 7.33. The lowest BCUT2D eigenvalue weighted by Gasteiger charge is -2.28. The van der Waals surface area contributed by atoms with Crippen molar-refractivity contribution in [3.8, 4) is 0 Å². The first kappa shape index (κ1) is 13.1. The molecule has 0 aromatic heterocycles. The molecule has 1 aliphatic rings. The number of hydrogen-bond acceptors (Lipinski definition) is 3. The van der Waals surface area contributed by atoms with Gasteiger partial charge < -0.3 is 12.9 Å². The van der Waals surface area contributed by atoms with E-state index in [-0.39, 0.29) is 0 Å². The van der Waals surface area contributed by atoms with Crippen molar-refractivity contribution in [1.82, 2.24) is 9.80 Å². The number of unbranched alkanes of at least 4 members (excludes halogenated alkanes) is 3. The zero-order chi connectivity index (χ0) is 10.9. The molecule has 0 aromatic carbocycles. The van der Waals surface area contributed by atoms with Gasteiger partial charge in [0, 0.05) is 39.1 Å². The number of hydrogen-bond donors (Lipinski definition) is 0. The first-order valence-electron chi connectivity index (χ1n) is 5.69. The molecule has 0 N–H and O–H groups in total. The van der Waals surface area contributed by atoms with E-state index in [0.717, 1.165) is 13.2 Å². The van der Waals surface area contributed by atoms with Crippen molar-refractivity contribution < 1.29 is 3.07 Å². The van der Waals surface area contributed by atoms with E-state index in [2.05, 4.69) is 29.2 Å². The van der Waals surface area contributed by atoms with Crippen molar-refractivity contribution in [2.45, 2.75) is 25.7 Å². The van der Waals surface area contributed by atoms with Crippen molar-refractivity contribution in [2.24, 2.45) is 0 Å². The van der Waals surface area contributed by atoms with E-state index >= 15 is 0 Å². The highest BCUT2D eigenvalue weighted by molar-refractivity contribution is 14.1. The van der Waals surface area contributed by atoms with Crippen LogP contribution in [0.2, 0.25) is 0 Å². The third-order valence-corrected chi connectivity index (χ3v) is 3.13. The molecule has 15 heavy (non-hydrogen) atoms. The lowest BCUT2D eigenvalue weighted by atomic mass is 10.2. The van der Waals surface area contributed by atoms with Crippen molar-refractivity contribution in [3.63, 3.8) is 0 Å². The standard InChI is InChI=1S/C11H21IN2O/c1-13-7-9-14(10-8-13)6-4-2-3-5-11-15-12/h7,9H,2-6,8,10-11H2,1H3. The summed E-state index contributed by atoms with van der Waals surface area (Å²) in [5.41, 5.74) is 0. The molecule has 0 radical (unpaired) electrons. The number of nitrogens with zero attached hydrogens (tertiary/aromatic N) is 2. The Kier molecular flexibility index (Phi) is 7.17. The molecule has 0 amide bonds. The normalized spacial score (nSPS) is 16.1. The molecule has 0 unspecified atom stereocenters. The summed E-state index contributed by atoms with van der Waals surface area (Å²) in [6, 6.07) is 0. The molecule has 0 bridgehead atoms. The Morgan fingerprint density at radius 1 is 1.13 bits per heavy atom. The van der Waals surface area contributed by atoms with E-state index in [1.165, 1.54) is 38.8 Å². The molecule has 88 valence electrons. The van der Waals surface area contributed by atoms with Crippen LogP contribution in [0.5, 0.6) is 0 Å². The summed E-state index contributed by atoms with van der Waals surface area (Å²) >= 11 is 1.96. The molecule has 0 aliphatic carbocycles. The Balaban J connectivity index is 1.94. The topological polar surface area (TPSA) is 15.7 Å². The lowest BCUT2D eigenvalue weighted by Crippen LogP contribution is -2.32. The Morgan fingerprint density at radius 3 is 2.60 bits per heavy atom. The molecule has 0 atom stereocenters. The van der Waals surface area contributed by atoms with Gasteiger partial charge in [-0.3, -0.25) is 0 Å². The largest absolute Gasteiger partial charge is 0.377 e. The molecule has 0 aromatic rings. The summed E-state index contributed by atoms with van der Waals surface area (Å²) in [6.07, 6.45) is 9.47.